The number of carbonyl (C=O) groups is 2. The van der Waals surface area contributed by atoms with Gasteiger partial charge in [-0.3, -0.25) is 9.69 Å². The summed E-state index contributed by atoms with van der Waals surface area (Å²) in [6.45, 7) is -0.333. The number of hydrogen-bond acceptors (Lipinski definition) is 5. The Hall–Kier alpha value is -3.64. The largest absolute Gasteiger partial charge is 0.497 e. The maximum absolute atomic E-state index is 12.9. The van der Waals surface area contributed by atoms with Crippen molar-refractivity contribution in [2.24, 2.45) is 0 Å². The lowest BCUT2D eigenvalue weighted by Crippen LogP contribution is -2.48. The maximum atomic E-state index is 12.9. The first-order valence-electron chi connectivity index (χ1n) is 9.52. The third-order valence-electron chi connectivity index (χ3n) is 5.23. The van der Waals surface area contributed by atoms with Crippen LogP contribution in [0.1, 0.15) is 27.6 Å². The zero-order valence-corrected chi connectivity index (χ0v) is 16.4. The molecule has 0 aromatic heterocycles. The molecule has 1 aliphatic rings. The van der Waals surface area contributed by atoms with Crippen molar-refractivity contribution in [2.75, 3.05) is 13.7 Å². The Morgan fingerprint density at radius 1 is 1.00 bits per heavy atom. The molecule has 152 valence electrons. The lowest BCUT2D eigenvalue weighted by atomic mass is 9.91. The maximum Gasteiger partial charge on any atom is 0.413 e. The summed E-state index contributed by atoms with van der Waals surface area (Å²) in [5, 5.41) is 11.8. The molecule has 0 radical (unpaired) electrons. The van der Waals surface area contributed by atoms with Gasteiger partial charge in [-0.25, -0.2) is 4.79 Å². The summed E-state index contributed by atoms with van der Waals surface area (Å²) in [6.07, 6.45) is -1.73. The van der Waals surface area contributed by atoms with Gasteiger partial charge in [0.15, 0.2) is 11.9 Å². The Labute approximate surface area is 174 Å². The van der Waals surface area contributed by atoms with Gasteiger partial charge in [-0.05, 0) is 29.8 Å². The number of rotatable bonds is 6. The van der Waals surface area contributed by atoms with Crippen molar-refractivity contribution in [2.45, 2.75) is 11.8 Å². The van der Waals surface area contributed by atoms with Crippen LogP contribution in [-0.4, -0.2) is 35.5 Å². The first kappa shape index (κ1) is 19.7. The Kier molecular flexibility index (Phi) is 5.25. The molecule has 3 aromatic rings. The van der Waals surface area contributed by atoms with Crippen molar-refractivity contribution in [3.8, 4) is 5.75 Å². The number of cyclic esters (lactones) is 1. The van der Waals surface area contributed by atoms with Crippen LogP contribution in [0.15, 0.2) is 84.9 Å². The Balaban J connectivity index is 1.71. The highest BCUT2D eigenvalue weighted by Crippen LogP contribution is 2.46. The number of amides is 1. The molecule has 0 saturated carbocycles. The van der Waals surface area contributed by atoms with Gasteiger partial charge in [-0.1, -0.05) is 60.7 Å². The highest BCUT2D eigenvalue weighted by atomic mass is 16.6. The van der Waals surface area contributed by atoms with Crippen LogP contribution < -0.4 is 4.74 Å². The number of ether oxygens (including phenoxy) is 2. The Bertz CT molecular complexity index is 1040. The average Bonchev–Trinajstić information content (AvgIpc) is 3.06. The topological polar surface area (TPSA) is 76.1 Å². The Morgan fingerprint density at radius 2 is 1.60 bits per heavy atom. The molecule has 6 heteroatoms. The Morgan fingerprint density at radius 3 is 2.20 bits per heavy atom. The molecule has 0 bridgehead atoms. The molecule has 4 rings (SSSR count). The zero-order chi connectivity index (χ0) is 21.1. The molecule has 0 aliphatic carbocycles. The van der Waals surface area contributed by atoms with Crippen LogP contribution in [0.2, 0.25) is 0 Å². The summed E-state index contributed by atoms with van der Waals surface area (Å²) in [5.41, 5.74) is -0.326. The van der Waals surface area contributed by atoms with Gasteiger partial charge in [0, 0.05) is 11.1 Å². The molecule has 0 spiro atoms. The van der Waals surface area contributed by atoms with Gasteiger partial charge in [0.1, 0.15) is 5.75 Å². The van der Waals surface area contributed by atoms with Crippen molar-refractivity contribution in [3.05, 3.63) is 102 Å². The van der Waals surface area contributed by atoms with Crippen LogP contribution >= 0.6 is 0 Å². The first-order chi connectivity index (χ1) is 14.5. The quantitative estimate of drug-likeness (QED) is 0.632. The van der Waals surface area contributed by atoms with E-state index in [1.807, 2.05) is 12.1 Å². The molecule has 0 unspecified atom stereocenters. The summed E-state index contributed by atoms with van der Waals surface area (Å²) in [5.74, 6) is 0.301. The van der Waals surface area contributed by atoms with Gasteiger partial charge < -0.3 is 14.6 Å². The molecular formula is C24H21NO5. The second-order valence-electron chi connectivity index (χ2n) is 7.00. The van der Waals surface area contributed by atoms with E-state index in [0.717, 1.165) is 4.90 Å². The molecule has 6 nitrogen and oxygen atoms in total. The fraction of sp³-hybridized carbons (Fsp3) is 0.167. The van der Waals surface area contributed by atoms with E-state index < -0.39 is 17.9 Å². The minimum absolute atomic E-state index is 0.322. The normalized spacial score (nSPS) is 20.7. The SMILES string of the molecule is COc1ccc(C(=O)CN2C(=O)O[C@H](c3ccccc3)[C@]2(O)c2ccccc2)cc1. The van der Waals surface area contributed by atoms with Gasteiger partial charge in [0.25, 0.3) is 0 Å². The monoisotopic (exact) mass is 403 g/mol. The standard InChI is InChI=1S/C24H21NO5/c1-29-20-14-12-17(13-15-20)21(26)16-25-23(27)30-22(18-8-4-2-5-9-18)24(25,28)19-10-6-3-7-11-19/h2-15,22,28H,16H2,1H3/t22-,24-/m1/s1. The van der Waals surface area contributed by atoms with Gasteiger partial charge in [-0.15, -0.1) is 0 Å². The van der Waals surface area contributed by atoms with Crippen molar-refractivity contribution in [1.82, 2.24) is 4.90 Å². The molecule has 1 fully saturated rings. The second-order valence-corrected chi connectivity index (χ2v) is 7.00. The number of nitrogens with zero attached hydrogens (tertiary/aromatic N) is 1. The van der Waals surface area contributed by atoms with E-state index in [4.69, 9.17) is 9.47 Å². The minimum Gasteiger partial charge on any atom is -0.497 e. The van der Waals surface area contributed by atoms with Crippen LogP contribution in [0.4, 0.5) is 4.79 Å². The summed E-state index contributed by atoms with van der Waals surface area (Å²) < 4.78 is 10.7. The zero-order valence-electron chi connectivity index (χ0n) is 16.4. The van der Waals surface area contributed by atoms with E-state index in [9.17, 15) is 14.7 Å². The predicted octanol–water partition coefficient (Wildman–Crippen LogP) is 3.92. The van der Waals surface area contributed by atoms with E-state index in [1.165, 1.54) is 0 Å². The summed E-state index contributed by atoms with van der Waals surface area (Å²) in [6, 6.07) is 24.4. The third-order valence-corrected chi connectivity index (χ3v) is 5.23. The van der Waals surface area contributed by atoms with E-state index in [0.29, 0.717) is 22.4 Å². The molecule has 1 saturated heterocycles. The van der Waals surface area contributed by atoms with Gasteiger partial charge >= 0.3 is 6.09 Å². The lowest BCUT2D eigenvalue weighted by Gasteiger charge is -2.34. The fourth-order valence-electron chi connectivity index (χ4n) is 3.64. The van der Waals surface area contributed by atoms with Crippen molar-refractivity contribution < 1.29 is 24.2 Å². The number of aliphatic hydroxyl groups is 1. The highest BCUT2D eigenvalue weighted by molar-refractivity contribution is 5.99. The lowest BCUT2D eigenvalue weighted by molar-refractivity contribution is -0.106. The molecule has 1 amide bonds. The van der Waals surface area contributed by atoms with Crippen LogP contribution in [0.5, 0.6) is 5.75 Å². The average molecular weight is 403 g/mol. The molecular weight excluding hydrogens is 382 g/mol. The van der Waals surface area contributed by atoms with Crippen LogP contribution in [0.3, 0.4) is 0 Å². The molecule has 1 heterocycles. The third kappa shape index (κ3) is 3.42. The van der Waals surface area contributed by atoms with Crippen LogP contribution in [-0.2, 0) is 10.5 Å². The minimum atomic E-state index is -1.83. The van der Waals surface area contributed by atoms with E-state index in [1.54, 1.807) is 79.9 Å². The first-order valence-corrected chi connectivity index (χ1v) is 9.52. The van der Waals surface area contributed by atoms with E-state index in [2.05, 4.69) is 0 Å². The molecule has 1 aliphatic heterocycles. The smallest absolute Gasteiger partial charge is 0.413 e. The summed E-state index contributed by atoms with van der Waals surface area (Å²) in [4.78, 5) is 26.8. The van der Waals surface area contributed by atoms with E-state index >= 15 is 0 Å². The van der Waals surface area contributed by atoms with Crippen molar-refractivity contribution >= 4 is 11.9 Å². The highest BCUT2D eigenvalue weighted by Gasteiger charge is 2.56. The molecule has 2 atom stereocenters. The fourth-order valence-corrected chi connectivity index (χ4v) is 3.64. The van der Waals surface area contributed by atoms with Crippen molar-refractivity contribution in [3.63, 3.8) is 0 Å². The van der Waals surface area contributed by atoms with Crippen LogP contribution in [0.25, 0.3) is 0 Å². The van der Waals surface area contributed by atoms with Gasteiger partial charge in [0.05, 0.1) is 13.7 Å². The number of Topliss-reactive ketones (excluding diaryl/α,β-unsaturated/α-hetero) is 1. The van der Waals surface area contributed by atoms with Crippen LogP contribution in [0, 0.1) is 0 Å². The second kappa shape index (κ2) is 8.00. The molecule has 1 N–H and O–H groups in total. The number of benzene rings is 3. The predicted molar refractivity (Wildman–Crippen MR) is 110 cm³/mol. The van der Waals surface area contributed by atoms with E-state index in [-0.39, 0.29) is 12.3 Å². The van der Waals surface area contributed by atoms with Gasteiger partial charge in [-0.2, -0.15) is 0 Å². The van der Waals surface area contributed by atoms with Gasteiger partial charge in [0.2, 0.25) is 5.72 Å². The summed E-state index contributed by atoms with van der Waals surface area (Å²) >= 11 is 0. The number of methoxy groups -OCH3 is 1. The number of ketones is 1. The summed E-state index contributed by atoms with van der Waals surface area (Å²) in [7, 11) is 1.54. The molecule has 30 heavy (non-hydrogen) atoms. The van der Waals surface area contributed by atoms with Crippen molar-refractivity contribution in [1.29, 1.82) is 0 Å². The number of hydrogen-bond donors (Lipinski definition) is 1. The molecule has 3 aromatic carbocycles. The number of carbonyl (C=O) groups excluding carboxylic acids is 2.